The zero-order valence-corrected chi connectivity index (χ0v) is 27.7. The molecule has 6 heterocycles. The predicted octanol–water partition coefficient (Wildman–Crippen LogP) is 7.90. The second-order valence-corrected chi connectivity index (χ2v) is 9.73. The van der Waals surface area contributed by atoms with Crippen LogP contribution in [0, 0.1) is 35.6 Å². The van der Waals surface area contributed by atoms with Gasteiger partial charge in [0.15, 0.2) is 17.4 Å². The molecule has 5 aromatic heterocycles. The van der Waals surface area contributed by atoms with Gasteiger partial charge in [-0.05, 0) is 66.3 Å². The molecular weight excluding hydrogens is 734 g/mol. The Bertz CT molecular complexity index is 1910. The second-order valence-electron chi connectivity index (χ2n) is 9.73. The Balaban J connectivity index is 0.000000187. The van der Waals surface area contributed by atoms with E-state index < -0.39 is 41.2 Å². The van der Waals surface area contributed by atoms with E-state index in [4.69, 9.17) is 6.42 Å². The first kappa shape index (κ1) is 36.8. The molecule has 0 saturated heterocycles. The monoisotopic (exact) mass is 759 g/mol. The number of ether oxygens (including phenoxy) is 1. The van der Waals surface area contributed by atoms with Gasteiger partial charge in [0.2, 0.25) is 11.6 Å². The number of halogens is 4. The molecule has 50 heavy (non-hydrogen) atoms. The third-order valence-corrected chi connectivity index (χ3v) is 6.58. The zero-order valence-electron chi connectivity index (χ0n) is 25.9. The van der Waals surface area contributed by atoms with Gasteiger partial charge in [-0.25, -0.2) is 8.78 Å². The molecule has 0 aliphatic carbocycles. The molecule has 1 radical (unpaired) electrons. The number of pyridine rings is 4. The van der Waals surface area contributed by atoms with Crippen LogP contribution in [0.4, 0.5) is 17.6 Å². The molecule has 1 aromatic carbocycles. The summed E-state index contributed by atoms with van der Waals surface area (Å²) in [4.78, 5) is 24.6. The summed E-state index contributed by atoms with van der Waals surface area (Å²) in [5.41, 5.74) is 2.80. The van der Waals surface area contributed by atoms with Crippen molar-refractivity contribution in [2.45, 2.75) is 0 Å². The number of hydrogen-bond donors (Lipinski definition) is 0. The van der Waals surface area contributed by atoms with E-state index in [1.807, 2.05) is 78.7 Å². The van der Waals surface area contributed by atoms with Crippen molar-refractivity contribution in [3.63, 3.8) is 0 Å². The van der Waals surface area contributed by atoms with Crippen LogP contribution in [0.1, 0.15) is 11.3 Å². The maximum atomic E-state index is 14.6. The van der Waals surface area contributed by atoms with Crippen molar-refractivity contribution in [1.29, 1.82) is 0 Å². The fraction of sp³-hybridized carbons (Fsp3) is 0.0263. The second kappa shape index (κ2) is 18.5. The molecule has 12 heteroatoms. The van der Waals surface area contributed by atoms with E-state index in [0.717, 1.165) is 22.8 Å². The Morgan fingerprint density at radius 1 is 0.660 bits per heavy atom. The molecule has 1 aliphatic rings. The van der Waals surface area contributed by atoms with Crippen LogP contribution in [0.15, 0.2) is 139 Å². The van der Waals surface area contributed by atoms with E-state index in [2.05, 4.69) is 34.6 Å². The molecule has 0 spiro atoms. The van der Waals surface area contributed by atoms with E-state index in [9.17, 15) is 17.6 Å². The van der Waals surface area contributed by atoms with E-state index in [1.54, 1.807) is 24.8 Å². The van der Waals surface area contributed by atoms with E-state index in [0.29, 0.717) is 0 Å². The van der Waals surface area contributed by atoms with Crippen LogP contribution < -0.4 is 9.72 Å². The summed E-state index contributed by atoms with van der Waals surface area (Å²) in [5.74, 6) is -5.84. The summed E-state index contributed by atoms with van der Waals surface area (Å²) in [7, 11) is 0. The molecule has 249 valence electrons. The van der Waals surface area contributed by atoms with Crippen LogP contribution in [-0.4, -0.2) is 32.8 Å². The predicted molar refractivity (Wildman–Crippen MR) is 179 cm³/mol. The SMILES string of the molecule is C#CCOc1c(F)c(F)c(/C(=C2\C=CC=N2)c2ccc[n-]2)c(F)c1F.[Ru+].c1ccc(-c2ccccn2)nc1.c1ccc(-c2ccccn2)nc1. The number of hydrogen-bond acceptors (Lipinski definition) is 6. The minimum absolute atomic E-state index is 0. The van der Waals surface area contributed by atoms with Crippen molar-refractivity contribution < 1.29 is 41.8 Å². The molecule has 0 N–H and O–H groups in total. The third-order valence-electron chi connectivity index (χ3n) is 6.58. The summed E-state index contributed by atoms with van der Waals surface area (Å²) in [6.45, 7) is -0.544. The van der Waals surface area contributed by atoms with Crippen LogP contribution in [-0.2, 0) is 19.5 Å². The fourth-order valence-corrected chi connectivity index (χ4v) is 4.41. The Labute approximate surface area is 298 Å². The minimum atomic E-state index is -1.68. The van der Waals surface area contributed by atoms with Gasteiger partial charge in [0.25, 0.3) is 0 Å². The molecule has 1 aliphatic heterocycles. The molecule has 7 rings (SSSR count). The molecule has 0 saturated carbocycles. The number of allylic oxidation sites excluding steroid dienone is 2. The Morgan fingerprint density at radius 2 is 1.14 bits per heavy atom. The van der Waals surface area contributed by atoms with Crippen molar-refractivity contribution in [2.24, 2.45) is 4.99 Å². The van der Waals surface area contributed by atoms with Gasteiger partial charge in [-0.1, -0.05) is 42.3 Å². The number of terminal acetylenes is 1. The summed E-state index contributed by atoms with van der Waals surface area (Å²) < 4.78 is 62.2. The first-order chi connectivity index (χ1) is 24.0. The van der Waals surface area contributed by atoms with Crippen molar-refractivity contribution in [3.8, 4) is 40.9 Å². The fourth-order valence-electron chi connectivity index (χ4n) is 4.41. The van der Waals surface area contributed by atoms with Crippen LogP contribution in [0.25, 0.3) is 28.3 Å². The van der Waals surface area contributed by atoms with Crippen molar-refractivity contribution in [1.82, 2.24) is 24.9 Å². The van der Waals surface area contributed by atoms with Gasteiger partial charge in [0.1, 0.15) is 6.61 Å². The first-order valence-corrected chi connectivity index (χ1v) is 14.6. The Hall–Kier alpha value is -6.05. The smallest absolute Gasteiger partial charge is 0.664 e. The average Bonchev–Trinajstić information content (AvgIpc) is 3.91. The van der Waals surface area contributed by atoms with Gasteiger partial charge in [-0.2, -0.15) is 15.0 Å². The standard InChI is InChI=1S/C18H9F4N2O.2C10H8N2.Ru/c1-2-9-25-18-16(21)14(19)13(15(20)17(18)22)12(10-5-3-7-23-10)11-6-4-8-24-11;2*1-3-7-11-9(5-1)10-6-2-4-8-12-10;/h1,3-8H,9H2;2*1-8H;/q-1;;;+1/b12-10+;;;. The van der Waals surface area contributed by atoms with Gasteiger partial charge in [0, 0.05) is 31.0 Å². The van der Waals surface area contributed by atoms with Crippen molar-refractivity contribution in [2.75, 3.05) is 6.61 Å². The van der Waals surface area contributed by atoms with Crippen LogP contribution in [0.2, 0.25) is 0 Å². The first-order valence-electron chi connectivity index (χ1n) is 14.6. The summed E-state index contributed by atoms with van der Waals surface area (Å²) in [6.07, 6.45) is 17.7. The molecule has 7 nitrogen and oxygen atoms in total. The van der Waals surface area contributed by atoms with Crippen LogP contribution in [0.3, 0.4) is 0 Å². The molecule has 0 atom stereocenters. The summed E-state index contributed by atoms with van der Waals surface area (Å²) in [5, 5.41) is 0. The molecule has 6 aromatic rings. The third kappa shape index (κ3) is 9.10. The van der Waals surface area contributed by atoms with Crippen LogP contribution >= 0.6 is 0 Å². The van der Waals surface area contributed by atoms with Crippen molar-refractivity contribution in [3.05, 3.63) is 168 Å². The van der Waals surface area contributed by atoms with Crippen molar-refractivity contribution >= 4 is 11.8 Å². The van der Waals surface area contributed by atoms with Gasteiger partial charge in [0.05, 0.1) is 34.0 Å². The van der Waals surface area contributed by atoms with Gasteiger partial charge >= 0.3 is 19.5 Å². The van der Waals surface area contributed by atoms with E-state index in [-0.39, 0.29) is 36.4 Å². The summed E-state index contributed by atoms with van der Waals surface area (Å²) >= 11 is 0. The van der Waals surface area contributed by atoms with E-state index >= 15 is 0 Å². The topological polar surface area (TPSA) is 87.2 Å². The summed E-state index contributed by atoms with van der Waals surface area (Å²) in [6, 6.07) is 26.2. The quantitative estimate of drug-likeness (QED) is 0.0744. The van der Waals surface area contributed by atoms with Gasteiger partial charge < -0.3 is 9.72 Å². The molecule has 0 fully saturated rings. The Kier molecular flexibility index (Phi) is 13.6. The number of aliphatic imine (C=N–C) groups is 1. The molecule has 0 amide bonds. The number of nitrogens with zero attached hydrogens (tertiary/aromatic N) is 6. The van der Waals surface area contributed by atoms with Crippen LogP contribution in [0.5, 0.6) is 5.75 Å². The normalized spacial score (nSPS) is 12.0. The zero-order chi connectivity index (χ0) is 34.4. The minimum Gasteiger partial charge on any atom is -0.664 e. The molecule has 0 unspecified atom stereocenters. The van der Waals surface area contributed by atoms with Gasteiger partial charge in [-0.3, -0.25) is 24.9 Å². The number of rotatable bonds is 6. The number of aromatic nitrogens is 5. The maximum absolute atomic E-state index is 14.6. The van der Waals surface area contributed by atoms with E-state index in [1.165, 1.54) is 36.7 Å². The molecular formula is C38H25F4N6ORu. The average molecular weight is 759 g/mol. The largest absolute Gasteiger partial charge is 1.00 e. The van der Waals surface area contributed by atoms with Gasteiger partial charge in [-0.15, -0.1) is 12.1 Å². The Morgan fingerprint density at radius 3 is 1.48 bits per heavy atom. The molecule has 0 bridgehead atoms. The maximum Gasteiger partial charge on any atom is 1.00 e. The number of benzene rings is 1.